The van der Waals surface area contributed by atoms with Crippen molar-refractivity contribution in [1.29, 1.82) is 5.41 Å². The van der Waals surface area contributed by atoms with Crippen LogP contribution in [0.2, 0.25) is 0 Å². The monoisotopic (exact) mass is 214 g/mol. The van der Waals surface area contributed by atoms with Gasteiger partial charge in [0, 0.05) is 17.8 Å². The summed E-state index contributed by atoms with van der Waals surface area (Å²) in [7, 11) is 0. The zero-order valence-corrected chi connectivity index (χ0v) is 9.40. The van der Waals surface area contributed by atoms with Crippen molar-refractivity contribution in [2.45, 2.75) is 13.8 Å². The second kappa shape index (κ2) is 4.31. The Morgan fingerprint density at radius 1 is 1.31 bits per heavy atom. The lowest BCUT2D eigenvalue weighted by Crippen LogP contribution is -1.86. The number of para-hydroxylation sites is 1. The number of rotatable bonds is 3. The van der Waals surface area contributed by atoms with Crippen LogP contribution in [0.25, 0.3) is 11.0 Å². The van der Waals surface area contributed by atoms with Crippen LogP contribution in [0.3, 0.4) is 0 Å². The van der Waals surface area contributed by atoms with Crippen molar-refractivity contribution in [1.82, 2.24) is 0 Å². The average Bonchev–Trinajstić information content (AvgIpc) is 2.63. The summed E-state index contributed by atoms with van der Waals surface area (Å²) < 4.78 is 5.59. The number of aliphatic imine (C=N–C) groups is 1. The minimum Gasteiger partial charge on any atom is -0.438 e. The van der Waals surface area contributed by atoms with Crippen molar-refractivity contribution in [2.24, 2.45) is 10.9 Å². The first-order valence-electron chi connectivity index (χ1n) is 5.28. The van der Waals surface area contributed by atoms with E-state index in [1.165, 1.54) is 6.21 Å². The van der Waals surface area contributed by atoms with Gasteiger partial charge in [0.1, 0.15) is 5.58 Å². The number of nitrogens with one attached hydrogen (secondary N) is 1. The molecule has 0 aliphatic carbocycles. The third-order valence-corrected chi connectivity index (χ3v) is 2.25. The van der Waals surface area contributed by atoms with Gasteiger partial charge >= 0.3 is 0 Å². The molecule has 0 amide bonds. The number of fused-ring (bicyclic) bond motifs is 1. The van der Waals surface area contributed by atoms with E-state index in [0.29, 0.717) is 11.8 Å². The van der Waals surface area contributed by atoms with Crippen LogP contribution in [-0.2, 0) is 0 Å². The first-order valence-corrected chi connectivity index (χ1v) is 5.28. The number of benzene rings is 1. The van der Waals surface area contributed by atoms with E-state index in [-0.39, 0.29) is 0 Å². The summed E-state index contributed by atoms with van der Waals surface area (Å²) in [5.41, 5.74) is 1.52. The van der Waals surface area contributed by atoms with Gasteiger partial charge in [0.2, 0.25) is 5.88 Å². The summed E-state index contributed by atoms with van der Waals surface area (Å²) in [5.74, 6) is 0.886. The third-order valence-electron chi connectivity index (χ3n) is 2.25. The van der Waals surface area contributed by atoms with Gasteiger partial charge < -0.3 is 9.83 Å². The van der Waals surface area contributed by atoms with Gasteiger partial charge in [0.25, 0.3) is 0 Å². The Hall–Kier alpha value is -1.90. The van der Waals surface area contributed by atoms with Gasteiger partial charge in [-0.15, -0.1) is 0 Å². The van der Waals surface area contributed by atoms with E-state index >= 15 is 0 Å². The molecule has 0 saturated carbocycles. The summed E-state index contributed by atoms with van der Waals surface area (Å²) in [6.07, 6.45) is 3.11. The molecule has 0 radical (unpaired) electrons. The van der Waals surface area contributed by atoms with E-state index < -0.39 is 0 Å². The minimum atomic E-state index is 0.367. The van der Waals surface area contributed by atoms with Gasteiger partial charge in [-0.05, 0) is 12.0 Å². The van der Waals surface area contributed by atoms with Crippen molar-refractivity contribution in [2.75, 3.05) is 0 Å². The Morgan fingerprint density at radius 2 is 2.06 bits per heavy atom. The van der Waals surface area contributed by atoms with Crippen LogP contribution in [0, 0.1) is 11.3 Å². The fourth-order valence-electron chi connectivity index (χ4n) is 1.50. The predicted octanol–water partition coefficient (Wildman–Crippen LogP) is 3.79. The molecule has 0 unspecified atom stereocenters. The fourth-order valence-corrected chi connectivity index (χ4v) is 1.50. The van der Waals surface area contributed by atoms with Crippen LogP contribution in [0.4, 0.5) is 5.88 Å². The van der Waals surface area contributed by atoms with E-state index in [9.17, 15) is 0 Å². The van der Waals surface area contributed by atoms with Crippen LogP contribution in [0.15, 0.2) is 33.7 Å². The van der Waals surface area contributed by atoms with E-state index in [0.717, 1.165) is 16.5 Å². The summed E-state index contributed by atoms with van der Waals surface area (Å²) in [6, 6.07) is 7.67. The van der Waals surface area contributed by atoms with Gasteiger partial charge in [-0.25, -0.2) is 4.99 Å². The molecule has 2 aromatic rings. The molecule has 16 heavy (non-hydrogen) atoms. The summed E-state index contributed by atoms with van der Waals surface area (Å²) in [6.45, 7) is 4.10. The second-order valence-corrected chi connectivity index (χ2v) is 3.98. The van der Waals surface area contributed by atoms with E-state index in [1.807, 2.05) is 30.5 Å². The van der Waals surface area contributed by atoms with Crippen molar-refractivity contribution in [3.8, 4) is 0 Å². The molecule has 0 aliphatic heterocycles. The van der Waals surface area contributed by atoms with Gasteiger partial charge in [0.15, 0.2) is 0 Å². The van der Waals surface area contributed by atoms with Gasteiger partial charge in [-0.1, -0.05) is 32.0 Å². The molecule has 1 aromatic heterocycles. The van der Waals surface area contributed by atoms with E-state index in [2.05, 4.69) is 18.8 Å². The maximum atomic E-state index is 7.41. The quantitative estimate of drug-likeness (QED) is 0.776. The lowest BCUT2D eigenvalue weighted by Gasteiger charge is -1.92. The Kier molecular flexibility index (Phi) is 2.86. The molecular formula is C13H14N2O. The number of nitrogens with zero attached hydrogens (tertiary/aromatic N) is 1. The highest BCUT2D eigenvalue weighted by molar-refractivity contribution is 6.01. The number of hydrogen-bond acceptors (Lipinski definition) is 3. The maximum Gasteiger partial charge on any atom is 0.228 e. The summed E-state index contributed by atoms with van der Waals surface area (Å²) in [4.78, 5) is 4.27. The molecule has 0 bridgehead atoms. The molecule has 3 nitrogen and oxygen atoms in total. The molecule has 0 fully saturated rings. The zero-order chi connectivity index (χ0) is 11.5. The molecule has 0 atom stereocenters. The molecule has 1 heterocycles. The second-order valence-electron chi connectivity index (χ2n) is 3.98. The molecule has 1 aromatic carbocycles. The SMILES string of the molecule is CC(C)C=Nc1oc2ccccc2c1C=N. The molecule has 0 spiro atoms. The first kappa shape index (κ1) is 10.6. The van der Waals surface area contributed by atoms with Crippen LogP contribution >= 0.6 is 0 Å². The molecular weight excluding hydrogens is 200 g/mol. The first-order chi connectivity index (χ1) is 7.72. The summed E-state index contributed by atoms with van der Waals surface area (Å²) >= 11 is 0. The lowest BCUT2D eigenvalue weighted by atomic mass is 10.2. The Labute approximate surface area is 94.3 Å². The smallest absolute Gasteiger partial charge is 0.228 e. The highest BCUT2D eigenvalue weighted by Gasteiger charge is 2.10. The predicted molar refractivity (Wildman–Crippen MR) is 67.1 cm³/mol. The van der Waals surface area contributed by atoms with E-state index in [4.69, 9.17) is 9.83 Å². The third kappa shape index (κ3) is 1.89. The number of furan rings is 1. The normalized spacial score (nSPS) is 11.7. The van der Waals surface area contributed by atoms with Gasteiger partial charge in [0.05, 0.1) is 5.56 Å². The van der Waals surface area contributed by atoms with Crippen LogP contribution < -0.4 is 0 Å². The van der Waals surface area contributed by atoms with Gasteiger partial charge in [-0.2, -0.15) is 0 Å². The maximum absolute atomic E-state index is 7.41. The molecule has 0 saturated heterocycles. The Bertz CT molecular complexity index is 538. The molecule has 0 aliphatic rings. The van der Waals surface area contributed by atoms with Crippen LogP contribution in [-0.4, -0.2) is 12.4 Å². The van der Waals surface area contributed by atoms with Crippen molar-refractivity contribution < 1.29 is 4.42 Å². The lowest BCUT2D eigenvalue weighted by molar-refractivity contribution is 0.625. The molecule has 2 rings (SSSR count). The van der Waals surface area contributed by atoms with Crippen molar-refractivity contribution in [3.63, 3.8) is 0 Å². The minimum absolute atomic E-state index is 0.367. The Balaban J connectivity index is 2.56. The number of hydrogen-bond donors (Lipinski definition) is 1. The standard InChI is InChI=1S/C13H14N2O/c1-9(2)8-15-13-11(7-14)10-5-3-4-6-12(10)16-13/h3-9,14H,1-2H3. The summed E-state index contributed by atoms with van der Waals surface area (Å²) in [5, 5.41) is 8.35. The Morgan fingerprint density at radius 3 is 2.75 bits per heavy atom. The molecule has 1 N–H and O–H groups in total. The highest BCUT2D eigenvalue weighted by Crippen LogP contribution is 2.30. The molecule has 82 valence electrons. The highest BCUT2D eigenvalue weighted by atomic mass is 16.3. The van der Waals surface area contributed by atoms with Crippen molar-refractivity contribution in [3.05, 3.63) is 29.8 Å². The van der Waals surface area contributed by atoms with E-state index in [1.54, 1.807) is 0 Å². The fraction of sp³-hybridized carbons (Fsp3) is 0.231. The largest absolute Gasteiger partial charge is 0.438 e. The van der Waals surface area contributed by atoms with Gasteiger partial charge in [-0.3, -0.25) is 0 Å². The topological polar surface area (TPSA) is 49.4 Å². The zero-order valence-electron chi connectivity index (χ0n) is 9.40. The van der Waals surface area contributed by atoms with Crippen molar-refractivity contribution >= 4 is 29.3 Å². The van der Waals surface area contributed by atoms with Crippen LogP contribution in [0.5, 0.6) is 0 Å². The average molecular weight is 214 g/mol. The van der Waals surface area contributed by atoms with Crippen LogP contribution in [0.1, 0.15) is 19.4 Å². The molecule has 3 heteroatoms.